The fourth-order valence-electron chi connectivity index (χ4n) is 2.61. The number of nitrogens with one attached hydrogen (secondary N) is 1. The number of hydrogen-bond donors (Lipinski definition) is 1. The maximum atomic E-state index is 5.53. The molecule has 3 heteroatoms. The van der Waals surface area contributed by atoms with Crippen molar-refractivity contribution in [3.63, 3.8) is 0 Å². The molecule has 2 rings (SSSR count). The van der Waals surface area contributed by atoms with E-state index in [9.17, 15) is 0 Å². The minimum atomic E-state index is 0.402. The van der Waals surface area contributed by atoms with Crippen LogP contribution in [0, 0.1) is 0 Å². The van der Waals surface area contributed by atoms with E-state index in [2.05, 4.69) is 11.4 Å². The van der Waals surface area contributed by atoms with Crippen molar-refractivity contribution >= 4 is 0 Å². The molecule has 16 heavy (non-hydrogen) atoms. The Bertz CT molecular complexity index is 240. The lowest BCUT2D eigenvalue weighted by atomic mass is 9.92. The summed E-state index contributed by atoms with van der Waals surface area (Å²) in [6.45, 7) is 2.65. The van der Waals surface area contributed by atoms with Gasteiger partial charge in [0, 0.05) is 19.7 Å². The zero-order valence-electron chi connectivity index (χ0n) is 10.2. The maximum Gasteiger partial charge on any atom is 0.0724 e. The summed E-state index contributed by atoms with van der Waals surface area (Å²) in [7, 11) is 1.83. The summed E-state index contributed by atoms with van der Waals surface area (Å²) >= 11 is 0. The van der Waals surface area contributed by atoms with E-state index < -0.39 is 0 Å². The molecule has 2 aliphatic rings. The lowest BCUT2D eigenvalue weighted by Gasteiger charge is -2.31. The summed E-state index contributed by atoms with van der Waals surface area (Å²) in [5.74, 6) is 0. The van der Waals surface area contributed by atoms with Crippen LogP contribution in [-0.2, 0) is 9.47 Å². The molecule has 1 heterocycles. The van der Waals surface area contributed by atoms with Gasteiger partial charge in [-0.3, -0.25) is 0 Å². The molecular formula is C13H23NO2. The van der Waals surface area contributed by atoms with Crippen molar-refractivity contribution in [1.29, 1.82) is 0 Å². The molecular weight excluding hydrogens is 202 g/mol. The highest BCUT2D eigenvalue weighted by molar-refractivity contribution is 5.07. The molecule has 0 aromatic heterocycles. The van der Waals surface area contributed by atoms with Crippen LogP contribution in [0.25, 0.3) is 0 Å². The highest BCUT2D eigenvalue weighted by atomic mass is 16.5. The van der Waals surface area contributed by atoms with Crippen LogP contribution < -0.4 is 5.32 Å². The third kappa shape index (κ3) is 3.30. The van der Waals surface area contributed by atoms with Crippen molar-refractivity contribution in [3.05, 3.63) is 11.6 Å². The van der Waals surface area contributed by atoms with E-state index in [4.69, 9.17) is 9.47 Å². The first-order valence-electron chi connectivity index (χ1n) is 6.42. The van der Waals surface area contributed by atoms with E-state index >= 15 is 0 Å². The van der Waals surface area contributed by atoms with Gasteiger partial charge >= 0.3 is 0 Å². The van der Waals surface area contributed by atoms with Crippen LogP contribution in [0.4, 0.5) is 0 Å². The summed E-state index contributed by atoms with van der Waals surface area (Å²) in [4.78, 5) is 0. The van der Waals surface area contributed by atoms with Gasteiger partial charge in [-0.15, -0.1) is 0 Å². The lowest BCUT2D eigenvalue weighted by molar-refractivity contribution is 0.0422. The standard InChI is InChI=1S/C13H23NO2/c1-15-13-7-3-2-6-12(13)14-9-11-5-4-8-16-10-11/h5,12-14H,2-4,6-10H2,1H3. The quantitative estimate of drug-likeness (QED) is 0.741. The van der Waals surface area contributed by atoms with Crippen LogP contribution in [0.3, 0.4) is 0 Å². The first-order chi connectivity index (χ1) is 7.90. The molecule has 0 aromatic carbocycles. The van der Waals surface area contributed by atoms with Gasteiger partial charge in [-0.25, -0.2) is 0 Å². The third-order valence-electron chi connectivity index (χ3n) is 3.58. The molecule has 92 valence electrons. The monoisotopic (exact) mass is 225 g/mol. The van der Waals surface area contributed by atoms with Gasteiger partial charge < -0.3 is 14.8 Å². The molecule has 1 N–H and O–H groups in total. The molecule has 1 aliphatic carbocycles. The molecule has 1 saturated carbocycles. The zero-order chi connectivity index (χ0) is 11.2. The fourth-order valence-corrected chi connectivity index (χ4v) is 2.61. The molecule has 3 nitrogen and oxygen atoms in total. The van der Waals surface area contributed by atoms with Crippen LogP contribution in [0.15, 0.2) is 11.6 Å². The molecule has 0 saturated heterocycles. The van der Waals surface area contributed by atoms with E-state index in [0.717, 1.165) is 26.2 Å². The minimum Gasteiger partial charge on any atom is -0.380 e. The molecule has 1 aliphatic heterocycles. The van der Waals surface area contributed by atoms with Crippen molar-refractivity contribution in [1.82, 2.24) is 5.32 Å². The summed E-state index contributed by atoms with van der Waals surface area (Å²) in [6, 6.07) is 0.529. The highest BCUT2D eigenvalue weighted by Crippen LogP contribution is 2.21. The predicted molar refractivity (Wildman–Crippen MR) is 64.6 cm³/mol. The fraction of sp³-hybridized carbons (Fsp3) is 0.846. The van der Waals surface area contributed by atoms with Crippen molar-refractivity contribution in [2.24, 2.45) is 0 Å². The Kier molecular flexibility index (Phi) is 4.82. The average molecular weight is 225 g/mol. The van der Waals surface area contributed by atoms with Gasteiger partial charge in [0.15, 0.2) is 0 Å². The van der Waals surface area contributed by atoms with Crippen molar-refractivity contribution in [3.8, 4) is 0 Å². The molecule has 2 atom stereocenters. The third-order valence-corrected chi connectivity index (χ3v) is 3.58. The van der Waals surface area contributed by atoms with Gasteiger partial charge in [0.2, 0.25) is 0 Å². The lowest BCUT2D eigenvalue weighted by Crippen LogP contribution is -2.44. The number of rotatable bonds is 4. The average Bonchev–Trinajstić information content (AvgIpc) is 2.38. The largest absolute Gasteiger partial charge is 0.380 e. The van der Waals surface area contributed by atoms with Crippen LogP contribution >= 0.6 is 0 Å². The number of hydrogen-bond acceptors (Lipinski definition) is 3. The molecule has 1 fully saturated rings. The second-order valence-corrected chi connectivity index (χ2v) is 4.75. The maximum absolute atomic E-state index is 5.53. The highest BCUT2D eigenvalue weighted by Gasteiger charge is 2.24. The summed E-state index contributed by atoms with van der Waals surface area (Å²) in [5, 5.41) is 3.62. The van der Waals surface area contributed by atoms with Gasteiger partial charge in [0.25, 0.3) is 0 Å². The van der Waals surface area contributed by atoms with Gasteiger partial charge in [-0.1, -0.05) is 18.9 Å². The van der Waals surface area contributed by atoms with Crippen molar-refractivity contribution in [2.45, 2.75) is 44.2 Å². The van der Waals surface area contributed by atoms with Crippen LogP contribution in [0.1, 0.15) is 32.1 Å². The predicted octanol–water partition coefficient (Wildman–Crippen LogP) is 1.88. The first kappa shape index (κ1) is 12.1. The second-order valence-electron chi connectivity index (χ2n) is 4.75. The van der Waals surface area contributed by atoms with Crippen molar-refractivity contribution in [2.75, 3.05) is 26.9 Å². The van der Waals surface area contributed by atoms with Gasteiger partial charge in [-0.05, 0) is 24.8 Å². The van der Waals surface area contributed by atoms with E-state index in [-0.39, 0.29) is 0 Å². The van der Waals surface area contributed by atoms with Crippen LogP contribution in [-0.4, -0.2) is 39.0 Å². The molecule has 0 amide bonds. The van der Waals surface area contributed by atoms with Gasteiger partial charge in [-0.2, -0.15) is 0 Å². The number of ether oxygens (including phenoxy) is 2. The Hall–Kier alpha value is -0.380. The Balaban J connectivity index is 1.76. The van der Waals surface area contributed by atoms with E-state index in [1.807, 2.05) is 7.11 Å². The second kappa shape index (κ2) is 6.38. The van der Waals surface area contributed by atoms with Gasteiger partial charge in [0.05, 0.1) is 19.3 Å². The molecule has 0 radical (unpaired) electrons. The van der Waals surface area contributed by atoms with E-state index in [1.165, 1.54) is 31.3 Å². The van der Waals surface area contributed by atoms with Crippen molar-refractivity contribution < 1.29 is 9.47 Å². The Labute approximate surface area is 98.2 Å². The van der Waals surface area contributed by atoms with Crippen LogP contribution in [0.2, 0.25) is 0 Å². The topological polar surface area (TPSA) is 30.5 Å². The smallest absolute Gasteiger partial charge is 0.0724 e. The Morgan fingerprint density at radius 3 is 3.06 bits per heavy atom. The van der Waals surface area contributed by atoms with E-state index in [1.54, 1.807) is 0 Å². The summed E-state index contributed by atoms with van der Waals surface area (Å²) in [5.41, 5.74) is 1.40. The molecule has 0 spiro atoms. The summed E-state index contributed by atoms with van der Waals surface area (Å²) in [6.07, 6.45) is 8.85. The van der Waals surface area contributed by atoms with E-state index in [0.29, 0.717) is 12.1 Å². The normalized spacial score (nSPS) is 31.2. The van der Waals surface area contributed by atoms with Gasteiger partial charge in [0.1, 0.15) is 0 Å². The first-order valence-corrected chi connectivity index (χ1v) is 6.42. The Morgan fingerprint density at radius 1 is 1.44 bits per heavy atom. The Morgan fingerprint density at radius 2 is 2.31 bits per heavy atom. The SMILES string of the molecule is COC1CCCCC1NCC1=CCCOC1. The molecule has 0 aromatic rings. The number of methoxy groups -OCH3 is 1. The summed E-state index contributed by atoms with van der Waals surface area (Å²) < 4.78 is 11.0. The minimum absolute atomic E-state index is 0.402. The molecule has 0 bridgehead atoms. The zero-order valence-corrected chi connectivity index (χ0v) is 10.2. The van der Waals surface area contributed by atoms with Crippen LogP contribution in [0.5, 0.6) is 0 Å². The molecule has 2 unspecified atom stereocenters.